The molecule has 0 saturated carbocycles. The Labute approximate surface area is 128 Å². The Kier molecular flexibility index (Phi) is 4.90. The van der Waals surface area contributed by atoms with Crippen molar-refractivity contribution < 1.29 is 17.9 Å². The number of hydrogen-bond acceptors (Lipinski definition) is 2. The van der Waals surface area contributed by atoms with Crippen LogP contribution in [0.5, 0.6) is 11.5 Å². The fourth-order valence-electron chi connectivity index (χ4n) is 1.86. The predicted molar refractivity (Wildman–Crippen MR) is 78.4 cm³/mol. The summed E-state index contributed by atoms with van der Waals surface area (Å²) in [6, 6.07) is 10.3. The van der Waals surface area contributed by atoms with Crippen molar-refractivity contribution in [2.24, 2.45) is 5.73 Å². The van der Waals surface area contributed by atoms with E-state index in [0.717, 1.165) is 11.6 Å². The normalized spacial score (nSPS) is 11.5. The molecule has 112 valence electrons. The van der Waals surface area contributed by atoms with Gasteiger partial charge in [-0.3, -0.25) is 0 Å². The number of nitrogens with two attached hydrogens (primary N) is 1. The van der Waals surface area contributed by atoms with Crippen LogP contribution in [0.3, 0.4) is 0 Å². The molecular formula is C15H13BrF3NO. The topological polar surface area (TPSA) is 35.2 Å². The molecule has 0 amide bonds. The third kappa shape index (κ3) is 3.98. The average Bonchev–Trinajstić information content (AvgIpc) is 2.42. The molecule has 6 heteroatoms. The SMILES string of the molecule is NCCc1ccc(Oc2ccccc2C(F)(F)F)c(Br)c1. The monoisotopic (exact) mass is 359 g/mol. The van der Waals surface area contributed by atoms with Crippen molar-refractivity contribution >= 4 is 15.9 Å². The molecular weight excluding hydrogens is 347 g/mol. The maximum Gasteiger partial charge on any atom is 0.419 e. The molecule has 0 saturated heterocycles. The Bertz CT molecular complexity index is 629. The first kappa shape index (κ1) is 15.9. The van der Waals surface area contributed by atoms with Crippen molar-refractivity contribution in [3.05, 3.63) is 58.1 Å². The third-order valence-corrected chi connectivity index (χ3v) is 3.46. The van der Waals surface area contributed by atoms with E-state index < -0.39 is 11.7 Å². The summed E-state index contributed by atoms with van der Waals surface area (Å²) < 4.78 is 44.7. The van der Waals surface area contributed by atoms with Gasteiger partial charge in [0.2, 0.25) is 0 Å². The van der Waals surface area contributed by atoms with Gasteiger partial charge in [0.1, 0.15) is 11.5 Å². The summed E-state index contributed by atoms with van der Waals surface area (Å²) in [5.74, 6) is 0.102. The summed E-state index contributed by atoms with van der Waals surface area (Å²) in [6.45, 7) is 0.504. The van der Waals surface area contributed by atoms with E-state index in [9.17, 15) is 13.2 Å². The van der Waals surface area contributed by atoms with Crippen LogP contribution in [0.4, 0.5) is 13.2 Å². The molecule has 0 aromatic heterocycles. The fraction of sp³-hybridized carbons (Fsp3) is 0.200. The molecule has 0 aliphatic heterocycles. The number of rotatable bonds is 4. The van der Waals surface area contributed by atoms with E-state index >= 15 is 0 Å². The largest absolute Gasteiger partial charge is 0.456 e. The zero-order valence-electron chi connectivity index (χ0n) is 11.0. The van der Waals surface area contributed by atoms with Crippen molar-refractivity contribution in [3.63, 3.8) is 0 Å². The van der Waals surface area contributed by atoms with Crippen LogP contribution in [0, 0.1) is 0 Å². The van der Waals surface area contributed by atoms with E-state index in [1.54, 1.807) is 18.2 Å². The highest BCUT2D eigenvalue weighted by Gasteiger charge is 2.34. The van der Waals surface area contributed by atoms with Crippen molar-refractivity contribution in [1.82, 2.24) is 0 Å². The smallest absolute Gasteiger partial charge is 0.419 e. The van der Waals surface area contributed by atoms with E-state index in [4.69, 9.17) is 10.5 Å². The van der Waals surface area contributed by atoms with Crippen LogP contribution in [0.15, 0.2) is 46.9 Å². The lowest BCUT2D eigenvalue weighted by molar-refractivity contribution is -0.138. The zero-order chi connectivity index (χ0) is 15.5. The molecule has 0 heterocycles. The second-order valence-electron chi connectivity index (χ2n) is 4.40. The van der Waals surface area contributed by atoms with Crippen LogP contribution in [0.25, 0.3) is 0 Å². The molecule has 0 bridgehead atoms. The summed E-state index contributed by atoms with van der Waals surface area (Å²) >= 11 is 3.30. The Hall–Kier alpha value is -1.53. The number of halogens is 4. The van der Waals surface area contributed by atoms with Crippen LogP contribution in [-0.4, -0.2) is 6.54 Å². The molecule has 0 fully saturated rings. The van der Waals surface area contributed by atoms with Crippen LogP contribution >= 0.6 is 15.9 Å². The number of para-hydroxylation sites is 1. The standard InChI is InChI=1S/C15H13BrF3NO/c16-12-9-10(7-8-20)5-6-14(12)21-13-4-2-1-3-11(13)15(17,18)19/h1-6,9H,7-8,20H2. The Morgan fingerprint density at radius 1 is 1.05 bits per heavy atom. The van der Waals surface area contributed by atoms with Crippen LogP contribution in [0.2, 0.25) is 0 Å². The highest BCUT2D eigenvalue weighted by Crippen LogP contribution is 2.39. The molecule has 0 atom stereocenters. The zero-order valence-corrected chi connectivity index (χ0v) is 12.5. The summed E-state index contributed by atoms with van der Waals surface area (Å²) in [5, 5.41) is 0. The fourth-order valence-corrected chi connectivity index (χ4v) is 2.36. The van der Waals surface area contributed by atoms with E-state index in [1.165, 1.54) is 18.2 Å². The van der Waals surface area contributed by atoms with Gasteiger partial charge in [-0.1, -0.05) is 18.2 Å². The first-order valence-corrected chi connectivity index (χ1v) is 7.03. The van der Waals surface area contributed by atoms with Gasteiger partial charge in [0, 0.05) is 0 Å². The minimum Gasteiger partial charge on any atom is -0.456 e. The Morgan fingerprint density at radius 2 is 1.76 bits per heavy atom. The van der Waals surface area contributed by atoms with Crippen molar-refractivity contribution in [3.8, 4) is 11.5 Å². The summed E-state index contributed by atoms with van der Waals surface area (Å²) in [4.78, 5) is 0. The summed E-state index contributed by atoms with van der Waals surface area (Å²) in [5.41, 5.74) is 5.65. The summed E-state index contributed by atoms with van der Waals surface area (Å²) in [6.07, 6.45) is -3.76. The lowest BCUT2D eigenvalue weighted by atomic mass is 10.1. The average molecular weight is 360 g/mol. The Balaban J connectivity index is 2.31. The van der Waals surface area contributed by atoms with Gasteiger partial charge in [-0.15, -0.1) is 0 Å². The molecule has 2 rings (SSSR count). The van der Waals surface area contributed by atoms with E-state index in [-0.39, 0.29) is 5.75 Å². The van der Waals surface area contributed by atoms with E-state index in [2.05, 4.69) is 15.9 Å². The number of hydrogen-bond donors (Lipinski definition) is 1. The molecule has 0 aliphatic rings. The van der Waals surface area contributed by atoms with Gasteiger partial charge < -0.3 is 10.5 Å². The summed E-state index contributed by atoms with van der Waals surface area (Å²) in [7, 11) is 0. The number of ether oxygens (including phenoxy) is 1. The predicted octanol–water partition coefficient (Wildman–Crippen LogP) is 4.76. The maximum absolute atomic E-state index is 12.9. The van der Waals surface area contributed by atoms with Gasteiger partial charge >= 0.3 is 6.18 Å². The van der Waals surface area contributed by atoms with Crippen LogP contribution in [-0.2, 0) is 12.6 Å². The van der Waals surface area contributed by atoms with Gasteiger partial charge in [-0.2, -0.15) is 13.2 Å². The molecule has 2 aromatic rings. The lowest BCUT2D eigenvalue weighted by Crippen LogP contribution is -2.07. The van der Waals surface area contributed by atoms with Gasteiger partial charge in [0.25, 0.3) is 0 Å². The van der Waals surface area contributed by atoms with E-state index in [0.29, 0.717) is 23.2 Å². The Morgan fingerprint density at radius 3 is 2.38 bits per heavy atom. The quantitative estimate of drug-likeness (QED) is 0.853. The first-order valence-electron chi connectivity index (χ1n) is 6.24. The molecule has 0 radical (unpaired) electrons. The van der Waals surface area contributed by atoms with E-state index in [1.807, 2.05) is 0 Å². The van der Waals surface area contributed by atoms with Crippen LogP contribution < -0.4 is 10.5 Å². The van der Waals surface area contributed by atoms with Crippen molar-refractivity contribution in [1.29, 1.82) is 0 Å². The highest BCUT2D eigenvalue weighted by atomic mass is 79.9. The third-order valence-electron chi connectivity index (χ3n) is 2.84. The first-order chi connectivity index (χ1) is 9.91. The second-order valence-corrected chi connectivity index (χ2v) is 5.25. The minimum atomic E-state index is -4.46. The van der Waals surface area contributed by atoms with Gasteiger partial charge in [0.15, 0.2) is 0 Å². The second kappa shape index (κ2) is 6.49. The molecule has 2 aromatic carbocycles. The van der Waals surface area contributed by atoms with Gasteiger partial charge in [-0.05, 0) is 58.7 Å². The van der Waals surface area contributed by atoms with Crippen molar-refractivity contribution in [2.75, 3.05) is 6.54 Å². The van der Waals surface area contributed by atoms with Gasteiger partial charge in [0.05, 0.1) is 10.0 Å². The number of alkyl halides is 3. The minimum absolute atomic E-state index is 0.225. The van der Waals surface area contributed by atoms with Gasteiger partial charge in [-0.25, -0.2) is 0 Å². The highest BCUT2D eigenvalue weighted by molar-refractivity contribution is 9.10. The molecule has 2 N–H and O–H groups in total. The molecule has 0 aliphatic carbocycles. The number of benzene rings is 2. The van der Waals surface area contributed by atoms with Crippen molar-refractivity contribution in [2.45, 2.75) is 12.6 Å². The molecule has 2 nitrogen and oxygen atoms in total. The molecule has 0 unspecified atom stereocenters. The molecule has 0 spiro atoms. The lowest BCUT2D eigenvalue weighted by Gasteiger charge is -2.14. The maximum atomic E-state index is 12.9. The van der Waals surface area contributed by atoms with Crippen LogP contribution in [0.1, 0.15) is 11.1 Å². The molecule has 21 heavy (non-hydrogen) atoms.